The first-order chi connectivity index (χ1) is 5.62. The van der Waals surface area contributed by atoms with E-state index >= 15 is 0 Å². The molecule has 0 aromatic rings. The van der Waals surface area contributed by atoms with Crippen molar-refractivity contribution in [2.24, 2.45) is 17.6 Å². The molecule has 0 spiro atoms. The molecular weight excluding hydrogens is 156 g/mol. The lowest BCUT2D eigenvalue weighted by molar-refractivity contribution is -0.143. The predicted molar refractivity (Wildman–Crippen MR) is 43.6 cm³/mol. The molecule has 0 radical (unpaired) electrons. The fourth-order valence-corrected chi connectivity index (χ4v) is 2.46. The first-order valence-electron chi connectivity index (χ1n) is 4.35. The van der Waals surface area contributed by atoms with Gasteiger partial charge in [-0.25, -0.2) is 0 Å². The van der Waals surface area contributed by atoms with Gasteiger partial charge in [-0.2, -0.15) is 0 Å². The molecule has 4 heteroatoms. The van der Waals surface area contributed by atoms with Gasteiger partial charge >= 0.3 is 5.97 Å². The van der Waals surface area contributed by atoms with E-state index in [9.17, 15) is 4.79 Å². The van der Waals surface area contributed by atoms with E-state index in [0.29, 0.717) is 24.7 Å². The van der Waals surface area contributed by atoms with Crippen LogP contribution in [0.2, 0.25) is 0 Å². The van der Waals surface area contributed by atoms with Crippen LogP contribution < -0.4 is 11.1 Å². The molecule has 12 heavy (non-hydrogen) atoms. The van der Waals surface area contributed by atoms with E-state index < -0.39 is 11.5 Å². The maximum Gasteiger partial charge on any atom is 0.323 e. The molecule has 0 amide bonds. The number of fused-ring (bicyclic) bond motifs is 1. The Balaban J connectivity index is 2.11. The van der Waals surface area contributed by atoms with Crippen LogP contribution in [-0.4, -0.2) is 29.7 Å². The molecule has 3 atom stereocenters. The molecule has 1 saturated heterocycles. The summed E-state index contributed by atoms with van der Waals surface area (Å²) in [5.41, 5.74) is 4.83. The minimum Gasteiger partial charge on any atom is -0.480 e. The zero-order valence-electron chi connectivity index (χ0n) is 6.92. The standard InChI is InChI=1S/C8H14N2O2/c9-8(7(11)12)1-5-3-10-4-6(5)2-8/h5-6,10H,1-4,9H2,(H,11,12)/t5-,6+,8?. The van der Waals surface area contributed by atoms with E-state index in [1.165, 1.54) is 0 Å². The van der Waals surface area contributed by atoms with Crippen molar-refractivity contribution >= 4 is 5.97 Å². The fraction of sp³-hybridized carbons (Fsp3) is 0.875. The number of nitrogens with one attached hydrogen (secondary N) is 1. The van der Waals surface area contributed by atoms with Crippen molar-refractivity contribution in [3.05, 3.63) is 0 Å². The zero-order valence-corrected chi connectivity index (χ0v) is 6.92. The molecule has 1 unspecified atom stereocenters. The predicted octanol–water partition coefficient (Wildman–Crippen LogP) is -0.602. The van der Waals surface area contributed by atoms with Gasteiger partial charge in [-0.3, -0.25) is 4.79 Å². The largest absolute Gasteiger partial charge is 0.480 e. The molecule has 1 aliphatic carbocycles. The number of nitrogens with two attached hydrogens (primary N) is 1. The summed E-state index contributed by atoms with van der Waals surface area (Å²) in [5.74, 6) is 0.147. The molecule has 1 saturated carbocycles. The molecule has 1 heterocycles. The molecular formula is C8H14N2O2. The van der Waals surface area contributed by atoms with Crippen molar-refractivity contribution in [2.45, 2.75) is 18.4 Å². The molecule has 0 aromatic heterocycles. The van der Waals surface area contributed by atoms with Crippen molar-refractivity contribution in [3.8, 4) is 0 Å². The molecule has 68 valence electrons. The lowest BCUT2D eigenvalue weighted by Crippen LogP contribution is -2.46. The second-order valence-corrected chi connectivity index (χ2v) is 4.05. The minimum absolute atomic E-state index is 0.492. The lowest BCUT2D eigenvalue weighted by Gasteiger charge is -2.18. The highest BCUT2D eigenvalue weighted by Gasteiger charge is 2.49. The monoisotopic (exact) mass is 170 g/mol. The molecule has 4 N–H and O–H groups in total. The first kappa shape index (κ1) is 8.01. The Labute approximate surface area is 71.1 Å². The first-order valence-corrected chi connectivity index (χ1v) is 4.35. The zero-order chi connectivity index (χ0) is 8.77. The number of rotatable bonds is 1. The van der Waals surface area contributed by atoms with Gasteiger partial charge in [0.2, 0.25) is 0 Å². The van der Waals surface area contributed by atoms with Gasteiger partial charge in [0, 0.05) is 0 Å². The summed E-state index contributed by atoms with van der Waals surface area (Å²) in [6.45, 7) is 1.88. The Bertz CT molecular complexity index is 205. The van der Waals surface area contributed by atoms with Crippen LogP contribution in [-0.2, 0) is 4.79 Å². The van der Waals surface area contributed by atoms with Gasteiger partial charge < -0.3 is 16.2 Å². The number of carboxylic acid groups (broad SMARTS) is 1. The van der Waals surface area contributed by atoms with Gasteiger partial charge in [-0.05, 0) is 37.8 Å². The highest BCUT2D eigenvalue weighted by atomic mass is 16.4. The van der Waals surface area contributed by atoms with Crippen molar-refractivity contribution in [2.75, 3.05) is 13.1 Å². The molecule has 1 aliphatic heterocycles. The molecule has 4 nitrogen and oxygen atoms in total. The molecule has 2 fully saturated rings. The minimum atomic E-state index is -0.933. The average Bonchev–Trinajstić information content (AvgIpc) is 2.44. The van der Waals surface area contributed by atoms with E-state index in [1.54, 1.807) is 0 Å². The summed E-state index contributed by atoms with van der Waals surface area (Å²) in [7, 11) is 0. The summed E-state index contributed by atoms with van der Waals surface area (Å²) in [6.07, 6.45) is 1.28. The highest BCUT2D eigenvalue weighted by Crippen LogP contribution is 2.39. The van der Waals surface area contributed by atoms with Crippen molar-refractivity contribution < 1.29 is 9.90 Å². The van der Waals surface area contributed by atoms with E-state index in [2.05, 4.69) is 5.32 Å². The third-order valence-corrected chi connectivity index (χ3v) is 3.16. The Hall–Kier alpha value is -0.610. The molecule has 0 aromatic carbocycles. The van der Waals surface area contributed by atoms with Gasteiger partial charge in [-0.15, -0.1) is 0 Å². The maximum absolute atomic E-state index is 10.8. The van der Waals surface area contributed by atoms with Crippen LogP contribution in [0.5, 0.6) is 0 Å². The highest BCUT2D eigenvalue weighted by molar-refractivity contribution is 5.79. The summed E-state index contributed by atoms with van der Waals surface area (Å²) in [5, 5.41) is 12.1. The number of carboxylic acids is 1. The van der Waals surface area contributed by atoms with Gasteiger partial charge in [-0.1, -0.05) is 0 Å². The van der Waals surface area contributed by atoms with E-state index in [1.807, 2.05) is 0 Å². The average molecular weight is 170 g/mol. The fourth-order valence-electron chi connectivity index (χ4n) is 2.46. The smallest absolute Gasteiger partial charge is 0.323 e. The Morgan fingerprint density at radius 1 is 1.42 bits per heavy atom. The van der Waals surface area contributed by atoms with E-state index in [-0.39, 0.29) is 0 Å². The van der Waals surface area contributed by atoms with Gasteiger partial charge in [0.05, 0.1) is 0 Å². The molecule has 0 bridgehead atoms. The van der Waals surface area contributed by atoms with Crippen LogP contribution in [0.4, 0.5) is 0 Å². The van der Waals surface area contributed by atoms with Gasteiger partial charge in [0.1, 0.15) is 5.54 Å². The number of hydrogen-bond acceptors (Lipinski definition) is 3. The summed E-state index contributed by atoms with van der Waals surface area (Å²) in [6, 6.07) is 0. The maximum atomic E-state index is 10.8. The third-order valence-electron chi connectivity index (χ3n) is 3.16. The van der Waals surface area contributed by atoms with Crippen molar-refractivity contribution in [1.82, 2.24) is 5.32 Å². The summed E-state index contributed by atoms with van der Waals surface area (Å²) < 4.78 is 0. The van der Waals surface area contributed by atoms with Crippen LogP contribution in [0.3, 0.4) is 0 Å². The van der Waals surface area contributed by atoms with Gasteiger partial charge in [0.25, 0.3) is 0 Å². The van der Waals surface area contributed by atoms with Gasteiger partial charge in [0.15, 0.2) is 0 Å². The van der Waals surface area contributed by atoms with Crippen molar-refractivity contribution in [3.63, 3.8) is 0 Å². The number of hydrogen-bond donors (Lipinski definition) is 3. The second-order valence-electron chi connectivity index (χ2n) is 4.05. The summed E-state index contributed by atoms with van der Waals surface area (Å²) >= 11 is 0. The van der Waals surface area contributed by atoms with Crippen LogP contribution in [0.25, 0.3) is 0 Å². The number of carbonyl (C=O) groups is 1. The molecule has 2 rings (SSSR count). The Kier molecular flexibility index (Phi) is 1.63. The normalized spacial score (nSPS) is 46.1. The van der Waals surface area contributed by atoms with E-state index in [4.69, 9.17) is 10.8 Å². The van der Waals surface area contributed by atoms with E-state index in [0.717, 1.165) is 13.1 Å². The lowest BCUT2D eigenvalue weighted by atomic mass is 9.97. The third kappa shape index (κ3) is 1.03. The molecule has 2 aliphatic rings. The topological polar surface area (TPSA) is 75.4 Å². The Morgan fingerprint density at radius 3 is 2.33 bits per heavy atom. The van der Waals surface area contributed by atoms with Crippen LogP contribution in [0.15, 0.2) is 0 Å². The summed E-state index contributed by atoms with van der Waals surface area (Å²) in [4.78, 5) is 10.8. The van der Waals surface area contributed by atoms with Crippen molar-refractivity contribution in [1.29, 1.82) is 0 Å². The second kappa shape index (κ2) is 2.44. The van der Waals surface area contributed by atoms with Crippen LogP contribution in [0, 0.1) is 11.8 Å². The van der Waals surface area contributed by atoms with Crippen LogP contribution in [0.1, 0.15) is 12.8 Å². The van der Waals surface area contributed by atoms with Crippen LogP contribution >= 0.6 is 0 Å². The number of aliphatic carboxylic acids is 1. The Morgan fingerprint density at radius 2 is 1.92 bits per heavy atom. The SMILES string of the molecule is NC1(C(=O)O)C[C@H]2CNC[C@H]2C1. The quantitative estimate of drug-likeness (QED) is 0.491.